The van der Waals surface area contributed by atoms with Gasteiger partial charge in [-0.15, -0.1) is 0 Å². The first-order chi connectivity index (χ1) is 12.2. The lowest BCUT2D eigenvalue weighted by atomic mass is 10.2. The van der Waals surface area contributed by atoms with Crippen molar-refractivity contribution in [3.63, 3.8) is 0 Å². The standard InChI is InChI=1S/C13H8Cl3F3N6O/c14-5-1-6(15)9(20-2-5)8-10(16)24-12-22-4-23-25(12)11(8)21-3-7(26)13(17,18)19/h1-2,4,7,21,26H,3H2. The number of rotatable bonds is 4. The molecule has 0 amide bonds. The molecule has 0 fully saturated rings. The van der Waals surface area contributed by atoms with Gasteiger partial charge in [-0.25, -0.2) is 0 Å². The first kappa shape index (κ1) is 18.9. The van der Waals surface area contributed by atoms with Gasteiger partial charge in [0, 0.05) is 6.20 Å². The van der Waals surface area contributed by atoms with Crippen LogP contribution in [0, 0.1) is 0 Å². The first-order valence-electron chi connectivity index (χ1n) is 6.87. The van der Waals surface area contributed by atoms with Crippen LogP contribution in [0.1, 0.15) is 0 Å². The van der Waals surface area contributed by atoms with Crippen LogP contribution >= 0.6 is 34.8 Å². The quantitative estimate of drug-likeness (QED) is 0.620. The summed E-state index contributed by atoms with van der Waals surface area (Å²) in [6.45, 7) is -0.864. The molecule has 0 aliphatic rings. The Balaban J connectivity index is 2.14. The van der Waals surface area contributed by atoms with Gasteiger partial charge in [0.1, 0.15) is 17.3 Å². The average molecular weight is 428 g/mol. The van der Waals surface area contributed by atoms with E-state index in [0.717, 1.165) is 10.8 Å². The number of aliphatic hydroxyl groups excluding tert-OH is 1. The molecule has 0 saturated carbocycles. The third-order valence-corrected chi connectivity index (χ3v) is 4.04. The summed E-state index contributed by atoms with van der Waals surface area (Å²) < 4.78 is 38.9. The van der Waals surface area contributed by atoms with E-state index in [0.29, 0.717) is 0 Å². The second-order valence-electron chi connectivity index (χ2n) is 5.02. The summed E-state index contributed by atoms with van der Waals surface area (Å²) in [6, 6.07) is 1.39. The number of nitrogens with one attached hydrogen (secondary N) is 1. The highest BCUT2D eigenvalue weighted by atomic mass is 35.5. The van der Waals surface area contributed by atoms with Gasteiger partial charge >= 0.3 is 6.18 Å². The number of alkyl halides is 3. The Kier molecular flexibility index (Phi) is 5.11. The monoisotopic (exact) mass is 426 g/mol. The molecule has 1 unspecified atom stereocenters. The number of anilines is 1. The van der Waals surface area contributed by atoms with Crippen LogP contribution in [0.25, 0.3) is 17.0 Å². The van der Waals surface area contributed by atoms with Crippen LogP contribution in [0.15, 0.2) is 18.6 Å². The number of halogens is 6. The second-order valence-corrected chi connectivity index (χ2v) is 6.22. The highest BCUT2D eigenvalue weighted by Crippen LogP contribution is 2.37. The highest BCUT2D eigenvalue weighted by Gasteiger charge is 2.38. The van der Waals surface area contributed by atoms with Crippen LogP contribution in [-0.4, -0.2) is 48.5 Å². The molecule has 1 atom stereocenters. The predicted octanol–water partition coefficient (Wildman–Crippen LogP) is 3.48. The zero-order valence-electron chi connectivity index (χ0n) is 12.5. The summed E-state index contributed by atoms with van der Waals surface area (Å²) in [7, 11) is 0. The van der Waals surface area contributed by atoms with Crippen LogP contribution in [0.2, 0.25) is 15.2 Å². The number of aromatic nitrogens is 5. The lowest BCUT2D eigenvalue weighted by Gasteiger charge is -2.18. The topological polar surface area (TPSA) is 88.2 Å². The van der Waals surface area contributed by atoms with Crippen molar-refractivity contribution >= 4 is 46.4 Å². The molecule has 138 valence electrons. The van der Waals surface area contributed by atoms with Gasteiger partial charge in [-0.3, -0.25) is 4.98 Å². The minimum atomic E-state index is -4.80. The SMILES string of the molecule is OC(CNc1c(-c2ncc(Cl)cc2Cl)c(Cl)nc2ncnn12)C(F)(F)F. The number of fused-ring (bicyclic) bond motifs is 1. The Morgan fingerprint density at radius 2 is 1.96 bits per heavy atom. The summed E-state index contributed by atoms with van der Waals surface area (Å²) >= 11 is 18.1. The van der Waals surface area contributed by atoms with Crippen LogP contribution in [0.5, 0.6) is 0 Å². The molecule has 13 heteroatoms. The molecule has 7 nitrogen and oxygen atoms in total. The fourth-order valence-electron chi connectivity index (χ4n) is 2.10. The number of hydrogen-bond donors (Lipinski definition) is 2. The second kappa shape index (κ2) is 7.03. The lowest BCUT2D eigenvalue weighted by Crippen LogP contribution is -2.35. The zero-order chi connectivity index (χ0) is 19.1. The average Bonchev–Trinajstić information content (AvgIpc) is 3.00. The predicted molar refractivity (Wildman–Crippen MR) is 89.6 cm³/mol. The van der Waals surface area contributed by atoms with Crippen LogP contribution in [-0.2, 0) is 0 Å². The van der Waals surface area contributed by atoms with Crippen LogP contribution < -0.4 is 5.32 Å². The molecule has 0 radical (unpaired) electrons. The van der Waals surface area contributed by atoms with Gasteiger partial charge in [-0.1, -0.05) is 34.8 Å². The maximum Gasteiger partial charge on any atom is 0.416 e. The van der Waals surface area contributed by atoms with E-state index in [1.807, 2.05) is 0 Å². The van der Waals surface area contributed by atoms with Crippen LogP contribution in [0.4, 0.5) is 19.0 Å². The summed E-state index contributed by atoms with van der Waals surface area (Å²) in [6.07, 6.45) is -4.99. The van der Waals surface area contributed by atoms with Crippen molar-refractivity contribution in [3.05, 3.63) is 33.8 Å². The van der Waals surface area contributed by atoms with Crippen molar-refractivity contribution in [1.29, 1.82) is 0 Å². The van der Waals surface area contributed by atoms with Gasteiger partial charge in [-0.2, -0.15) is 32.8 Å². The van der Waals surface area contributed by atoms with E-state index in [9.17, 15) is 18.3 Å². The molecule has 3 heterocycles. The highest BCUT2D eigenvalue weighted by molar-refractivity contribution is 6.37. The summed E-state index contributed by atoms with van der Waals surface area (Å²) in [5.41, 5.74) is 0.204. The van der Waals surface area contributed by atoms with E-state index in [1.54, 1.807) is 0 Å². The summed E-state index contributed by atoms with van der Waals surface area (Å²) in [5.74, 6) is 0.0188. The van der Waals surface area contributed by atoms with E-state index < -0.39 is 18.8 Å². The third kappa shape index (κ3) is 3.63. The molecule has 0 spiro atoms. The molecule has 2 N–H and O–H groups in total. The number of pyridine rings is 1. The molecular weight excluding hydrogens is 420 g/mol. The smallest absolute Gasteiger partial charge is 0.382 e. The largest absolute Gasteiger partial charge is 0.416 e. The molecule has 3 aromatic heterocycles. The molecule has 0 aliphatic carbocycles. The van der Waals surface area contributed by atoms with Crippen molar-refractivity contribution in [2.45, 2.75) is 12.3 Å². The molecule has 0 aromatic carbocycles. The van der Waals surface area contributed by atoms with E-state index in [4.69, 9.17) is 34.8 Å². The Hall–Kier alpha value is -1.88. The minimum absolute atomic E-state index is 0.0162. The van der Waals surface area contributed by atoms with E-state index >= 15 is 0 Å². The molecule has 26 heavy (non-hydrogen) atoms. The van der Waals surface area contributed by atoms with Gasteiger partial charge in [0.05, 0.1) is 27.8 Å². The summed E-state index contributed by atoms with van der Waals surface area (Å²) in [5, 5.41) is 15.8. The maximum absolute atomic E-state index is 12.6. The van der Waals surface area contributed by atoms with Gasteiger partial charge < -0.3 is 10.4 Å². The third-order valence-electron chi connectivity index (χ3n) is 3.27. The molecule has 3 aromatic rings. The Morgan fingerprint density at radius 3 is 2.62 bits per heavy atom. The Labute approximate surface area is 158 Å². The normalized spacial score (nSPS) is 13.2. The van der Waals surface area contributed by atoms with E-state index in [1.165, 1.54) is 12.3 Å². The molecule has 0 saturated heterocycles. The molecule has 3 rings (SSSR count). The fraction of sp³-hybridized carbons (Fsp3) is 0.231. The van der Waals surface area contributed by atoms with Crippen molar-refractivity contribution in [3.8, 4) is 11.3 Å². The first-order valence-corrected chi connectivity index (χ1v) is 8.01. The van der Waals surface area contributed by atoms with E-state index in [2.05, 4.69) is 25.4 Å². The Bertz CT molecular complexity index is 964. The van der Waals surface area contributed by atoms with E-state index in [-0.39, 0.29) is 38.1 Å². The van der Waals surface area contributed by atoms with Crippen LogP contribution in [0.3, 0.4) is 0 Å². The lowest BCUT2D eigenvalue weighted by molar-refractivity contribution is -0.198. The molecule has 0 bridgehead atoms. The number of hydrogen-bond acceptors (Lipinski definition) is 6. The van der Waals surface area contributed by atoms with Crippen molar-refractivity contribution in [2.75, 3.05) is 11.9 Å². The number of aliphatic hydroxyl groups is 1. The zero-order valence-corrected chi connectivity index (χ0v) is 14.7. The Morgan fingerprint density at radius 1 is 1.23 bits per heavy atom. The maximum atomic E-state index is 12.6. The van der Waals surface area contributed by atoms with Gasteiger partial charge in [0.15, 0.2) is 6.10 Å². The minimum Gasteiger partial charge on any atom is -0.382 e. The molecular formula is C13H8Cl3F3N6O. The van der Waals surface area contributed by atoms with Gasteiger partial charge in [0.25, 0.3) is 5.78 Å². The van der Waals surface area contributed by atoms with Crippen molar-refractivity contribution in [1.82, 2.24) is 24.6 Å². The van der Waals surface area contributed by atoms with Gasteiger partial charge in [0.2, 0.25) is 0 Å². The molecule has 0 aliphatic heterocycles. The number of nitrogens with zero attached hydrogens (tertiary/aromatic N) is 5. The van der Waals surface area contributed by atoms with Crippen molar-refractivity contribution < 1.29 is 18.3 Å². The fourth-order valence-corrected chi connectivity index (χ4v) is 2.83. The van der Waals surface area contributed by atoms with Crippen molar-refractivity contribution in [2.24, 2.45) is 0 Å². The summed E-state index contributed by atoms with van der Waals surface area (Å²) in [4.78, 5) is 11.9. The van der Waals surface area contributed by atoms with Gasteiger partial charge in [-0.05, 0) is 6.07 Å².